The van der Waals surface area contributed by atoms with Crippen LogP contribution in [0.3, 0.4) is 0 Å². The van der Waals surface area contributed by atoms with Crippen LogP contribution in [0.15, 0.2) is 36.7 Å². The minimum atomic E-state index is -0.0881. The van der Waals surface area contributed by atoms with Gasteiger partial charge in [0, 0.05) is 25.0 Å². The summed E-state index contributed by atoms with van der Waals surface area (Å²) in [6, 6.07) is 8.27. The summed E-state index contributed by atoms with van der Waals surface area (Å²) in [5, 5.41) is 6.21. The van der Waals surface area contributed by atoms with Gasteiger partial charge in [-0.15, -0.1) is 0 Å². The van der Waals surface area contributed by atoms with Gasteiger partial charge in [-0.3, -0.25) is 4.79 Å². The Balaban J connectivity index is 1.47. The summed E-state index contributed by atoms with van der Waals surface area (Å²) >= 11 is 0. The number of anilines is 1. The van der Waals surface area contributed by atoms with Gasteiger partial charge in [-0.25, -0.2) is 9.97 Å². The highest BCUT2D eigenvalue weighted by molar-refractivity contribution is 5.93. The molecule has 6 nitrogen and oxygen atoms in total. The molecule has 3 rings (SSSR count). The van der Waals surface area contributed by atoms with Gasteiger partial charge in [-0.2, -0.15) is 0 Å². The number of nitrogens with zero attached hydrogens (tertiary/aromatic N) is 2. The maximum Gasteiger partial charge on any atom is 0.254 e. The highest BCUT2D eigenvalue weighted by Gasteiger charge is 2.18. The lowest BCUT2D eigenvalue weighted by Crippen LogP contribution is -2.32. The highest BCUT2D eigenvalue weighted by Crippen LogP contribution is 2.18. The molecule has 1 saturated carbocycles. The number of amides is 1. The summed E-state index contributed by atoms with van der Waals surface area (Å²) in [5.41, 5.74) is 1.68. The summed E-state index contributed by atoms with van der Waals surface area (Å²) < 4.78 is 5.22. The second-order valence-corrected chi connectivity index (χ2v) is 6.28. The number of benzene rings is 1. The molecule has 1 heterocycles. The van der Waals surface area contributed by atoms with Crippen molar-refractivity contribution in [3.8, 4) is 5.75 Å². The van der Waals surface area contributed by atoms with E-state index in [4.69, 9.17) is 4.74 Å². The number of nitrogens with one attached hydrogen (secondary N) is 2. The summed E-state index contributed by atoms with van der Waals surface area (Å²) in [6.07, 6.45) is 8.50. The monoisotopic (exact) mass is 340 g/mol. The van der Waals surface area contributed by atoms with Gasteiger partial charge < -0.3 is 15.4 Å². The van der Waals surface area contributed by atoms with Gasteiger partial charge in [0.2, 0.25) is 5.95 Å². The maximum absolute atomic E-state index is 12.1. The zero-order valence-corrected chi connectivity index (χ0v) is 14.5. The van der Waals surface area contributed by atoms with Crippen LogP contribution in [0.1, 0.15) is 41.6 Å². The minimum absolute atomic E-state index is 0.0881. The standard InChI is InChI=1S/C19H24N4O2/c1-25-17-8-4-5-14(11-17)9-10-20-19-21-12-15(13-22-19)18(24)23-16-6-2-3-7-16/h4-5,8,11-13,16H,2-3,6-7,9-10H2,1H3,(H,23,24)(H,20,21,22). The van der Waals surface area contributed by atoms with Crippen LogP contribution >= 0.6 is 0 Å². The molecule has 0 saturated heterocycles. The number of methoxy groups -OCH3 is 1. The molecule has 25 heavy (non-hydrogen) atoms. The third-order valence-electron chi connectivity index (χ3n) is 4.44. The minimum Gasteiger partial charge on any atom is -0.497 e. The number of carbonyl (C=O) groups excluding carboxylic acids is 1. The first-order valence-corrected chi connectivity index (χ1v) is 8.74. The lowest BCUT2D eigenvalue weighted by molar-refractivity contribution is 0.0937. The Hall–Kier alpha value is -2.63. The number of aromatic nitrogens is 2. The summed E-state index contributed by atoms with van der Waals surface area (Å²) in [7, 11) is 1.66. The first-order chi connectivity index (χ1) is 12.2. The van der Waals surface area contributed by atoms with E-state index in [1.165, 1.54) is 18.4 Å². The van der Waals surface area contributed by atoms with Gasteiger partial charge in [0.1, 0.15) is 5.75 Å². The molecule has 132 valence electrons. The molecule has 2 aromatic rings. The molecular formula is C19H24N4O2. The lowest BCUT2D eigenvalue weighted by atomic mass is 10.1. The molecule has 1 aromatic heterocycles. The van der Waals surface area contributed by atoms with E-state index >= 15 is 0 Å². The van der Waals surface area contributed by atoms with Crippen molar-refractivity contribution in [1.29, 1.82) is 0 Å². The summed E-state index contributed by atoms with van der Waals surface area (Å²) in [5.74, 6) is 1.29. The second kappa shape index (κ2) is 8.46. The van der Waals surface area contributed by atoms with E-state index < -0.39 is 0 Å². The largest absolute Gasteiger partial charge is 0.497 e. The topological polar surface area (TPSA) is 76.1 Å². The van der Waals surface area contributed by atoms with Crippen molar-refractivity contribution in [1.82, 2.24) is 15.3 Å². The van der Waals surface area contributed by atoms with Crippen LogP contribution in [0.25, 0.3) is 0 Å². The Labute approximate surface area is 148 Å². The molecule has 0 bridgehead atoms. The molecule has 1 amide bonds. The third kappa shape index (κ3) is 4.92. The van der Waals surface area contributed by atoms with E-state index in [-0.39, 0.29) is 5.91 Å². The van der Waals surface area contributed by atoms with Gasteiger partial charge in [0.05, 0.1) is 12.7 Å². The van der Waals surface area contributed by atoms with E-state index in [1.54, 1.807) is 19.5 Å². The third-order valence-corrected chi connectivity index (χ3v) is 4.44. The van der Waals surface area contributed by atoms with Crippen LogP contribution in [0, 0.1) is 0 Å². The van der Waals surface area contributed by atoms with Crippen molar-refractivity contribution in [3.05, 3.63) is 47.8 Å². The molecule has 0 aliphatic heterocycles. The summed E-state index contributed by atoms with van der Waals surface area (Å²) in [6.45, 7) is 0.709. The first-order valence-electron chi connectivity index (χ1n) is 8.74. The Bertz CT molecular complexity index is 697. The average molecular weight is 340 g/mol. The Morgan fingerprint density at radius 1 is 1.24 bits per heavy atom. The van der Waals surface area contributed by atoms with Gasteiger partial charge in [0.15, 0.2) is 0 Å². The maximum atomic E-state index is 12.1. The molecule has 0 radical (unpaired) electrons. The van der Waals surface area contributed by atoms with E-state index in [0.717, 1.165) is 25.0 Å². The predicted octanol–water partition coefficient (Wildman–Crippen LogP) is 2.81. The number of carbonyl (C=O) groups is 1. The average Bonchev–Trinajstić information content (AvgIpc) is 3.15. The van der Waals surface area contributed by atoms with E-state index in [0.29, 0.717) is 24.1 Å². The van der Waals surface area contributed by atoms with Gasteiger partial charge in [-0.1, -0.05) is 25.0 Å². The molecule has 1 aliphatic rings. The number of hydrogen-bond donors (Lipinski definition) is 2. The van der Waals surface area contributed by atoms with Gasteiger partial charge >= 0.3 is 0 Å². The lowest BCUT2D eigenvalue weighted by Gasteiger charge is -2.11. The van der Waals surface area contributed by atoms with Gasteiger partial charge in [-0.05, 0) is 37.0 Å². The van der Waals surface area contributed by atoms with Crippen LogP contribution < -0.4 is 15.4 Å². The number of rotatable bonds is 7. The molecule has 1 fully saturated rings. The first kappa shape index (κ1) is 17.2. The molecule has 1 aromatic carbocycles. The van der Waals surface area contributed by atoms with Gasteiger partial charge in [0.25, 0.3) is 5.91 Å². The second-order valence-electron chi connectivity index (χ2n) is 6.28. The Kier molecular flexibility index (Phi) is 5.82. The molecule has 0 spiro atoms. The van der Waals surface area contributed by atoms with Crippen molar-refractivity contribution in [2.24, 2.45) is 0 Å². The number of hydrogen-bond acceptors (Lipinski definition) is 5. The quantitative estimate of drug-likeness (QED) is 0.810. The van der Waals surface area contributed by atoms with Crippen LogP contribution in [-0.4, -0.2) is 35.6 Å². The molecule has 2 N–H and O–H groups in total. The van der Waals surface area contributed by atoms with Crippen molar-refractivity contribution >= 4 is 11.9 Å². The molecule has 0 atom stereocenters. The van der Waals surface area contributed by atoms with Crippen LogP contribution in [0.5, 0.6) is 5.75 Å². The summed E-state index contributed by atoms with van der Waals surface area (Å²) in [4.78, 5) is 20.6. The fourth-order valence-electron chi connectivity index (χ4n) is 3.02. The van der Waals surface area contributed by atoms with Crippen molar-refractivity contribution in [2.75, 3.05) is 19.0 Å². The van der Waals surface area contributed by atoms with E-state index in [1.807, 2.05) is 18.2 Å². The normalized spacial score (nSPS) is 14.3. The van der Waals surface area contributed by atoms with Crippen molar-refractivity contribution in [3.63, 3.8) is 0 Å². The van der Waals surface area contributed by atoms with Crippen LogP contribution in [0.2, 0.25) is 0 Å². The Morgan fingerprint density at radius 2 is 2.00 bits per heavy atom. The zero-order valence-electron chi connectivity index (χ0n) is 14.5. The molecule has 1 aliphatic carbocycles. The van der Waals surface area contributed by atoms with E-state index in [2.05, 4.69) is 26.7 Å². The molecule has 0 unspecified atom stereocenters. The SMILES string of the molecule is COc1cccc(CCNc2ncc(C(=O)NC3CCCC3)cn2)c1. The van der Waals surface area contributed by atoms with Crippen LogP contribution in [-0.2, 0) is 6.42 Å². The molecular weight excluding hydrogens is 316 g/mol. The highest BCUT2D eigenvalue weighted by atomic mass is 16.5. The van der Waals surface area contributed by atoms with Crippen molar-refractivity contribution in [2.45, 2.75) is 38.1 Å². The van der Waals surface area contributed by atoms with Crippen LogP contribution in [0.4, 0.5) is 5.95 Å². The zero-order chi connectivity index (χ0) is 17.5. The van der Waals surface area contributed by atoms with E-state index in [9.17, 15) is 4.79 Å². The fourth-order valence-corrected chi connectivity index (χ4v) is 3.02. The van der Waals surface area contributed by atoms with Crippen molar-refractivity contribution < 1.29 is 9.53 Å². The predicted molar refractivity (Wildman–Crippen MR) is 96.9 cm³/mol. The smallest absolute Gasteiger partial charge is 0.254 e. The number of ether oxygens (including phenoxy) is 1. The Morgan fingerprint density at radius 3 is 2.72 bits per heavy atom. The fraction of sp³-hybridized carbons (Fsp3) is 0.421. The molecule has 6 heteroatoms.